The molecule has 0 radical (unpaired) electrons. The van der Waals surface area contributed by atoms with Gasteiger partial charge >= 0.3 is 0 Å². The van der Waals surface area contributed by atoms with Gasteiger partial charge in [-0.25, -0.2) is 0 Å². The van der Waals surface area contributed by atoms with Gasteiger partial charge in [0.2, 0.25) is 0 Å². The summed E-state index contributed by atoms with van der Waals surface area (Å²) in [5, 5.41) is 3.19. The van der Waals surface area contributed by atoms with Crippen LogP contribution in [0, 0.1) is 0 Å². The molecule has 0 spiro atoms. The molecular formula is C13H21NO. The lowest BCUT2D eigenvalue weighted by atomic mass is 9.87. The monoisotopic (exact) mass is 207 g/mol. The van der Waals surface area contributed by atoms with Crippen molar-refractivity contribution in [3.63, 3.8) is 0 Å². The summed E-state index contributed by atoms with van der Waals surface area (Å²) in [6.07, 6.45) is 0. The van der Waals surface area contributed by atoms with E-state index < -0.39 is 0 Å². The minimum Gasteiger partial charge on any atom is -0.370 e. The highest BCUT2D eigenvalue weighted by atomic mass is 16.5. The van der Waals surface area contributed by atoms with E-state index in [0.717, 1.165) is 6.54 Å². The maximum atomic E-state index is 4.93. The van der Waals surface area contributed by atoms with Gasteiger partial charge in [0.15, 0.2) is 0 Å². The number of ether oxygens (including phenoxy) is 1. The quantitative estimate of drug-likeness (QED) is 0.605. The Morgan fingerprint density at radius 2 is 1.73 bits per heavy atom. The summed E-state index contributed by atoms with van der Waals surface area (Å²) in [4.78, 5) is 0. The van der Waals surface area contributed by atoms with Crippen molar-refractivity contribution in [3.8, 4) is 0 Å². The fourth-order valence-corrected chi connectivity index (χ4v) is 1.42. The molecule has 2 heteroatoms. The lowest BCUT2D eigenvalue weighted by molar-refractivity contribution is 0.174. The van der Waals surface area contributed by atoms with Crippen molar-refractivity contribution in [3.05, 3.63) is 35.4 Å². The van der Waals surface area contributed by atoms with E-state index in [1.165, 1.54) is 11.1 Å². The van der Waals surface area contributed by atoms with Crippen LogP contribution in [0.1, 0.15) is 31.9 Å². The first-order chi connectivity index (χ1) is 7.04. The van der Waals surface area contributed by atoms with Gasteiger partial charge in [0, 0.05) is 13.7 Å². The first-order valence-corrected chi connectivity index (χ1v) is 5.33. The predicted octanol–water partition coefficient (Wildman–Crippen LogP) is 2.68. The lowest BCUT2D eigenvalue weighted by Gasteiger charge is -2.19. The Hall–Kier alpha value is -0.860. The van der Waals surface area contributed by atoms with Crippen LogP contribution < -0.4 is 5.32 Å². The number of benzene rings is 1. The highest BCUT2D eigenvalue weighted by molar-refractivity contribution is 5.27. The molecule has 0 saturated heterocycles. The third kappa shape index (κ3) is 4.02. The average molecular weight is 207 g/mol. The zero-order valence-corrected chi connectivity index (χ0v) is 10.1. The van der Waals surface area contributed by atoms with Gasteiger partial charge in [-0.2, -0.15) is 0 Å². The molecule has 1 aromatic rings. The number of methoxy groups -OCH3 is 1. The Bertz CT molecular complexity index is 284. The van der Waals surface area contributed by atoms with E-state index in [1.54, 1.807) is 7.11 Å². The molecule has 0 aliphatic heterocycles. The summed E-state index contributed by atoms with van der Waals surface area (Å²) in [6.45, 7) is 8.14. The van der Waals surface area contributed by atoms with E-state index in [2.05, 4.69) is 50.4 Å². The van der Waals surface area contributed by atoms with Crippen molar-refractivity contribution in [2.45, 2.75) is 32.7 Å². The van der Waals surface area contributed by atoms with Crippen molar-refractivity contribution in [1.29, 1.82) is 0 Å². The molecule has 0 atom stereocenters. The molecular weight excluding hydrogens is 186 g/mol. The van der Waals surface area contributed by atoms with Gasteiger partial charge in [0.25, 0.3) is 0 Å². The third-order valence-electron chi connectivity index (χ3n) is 2.40. The molecule has 0 heterocycles. The standard InChI is InChI=1S/C13H21NO/c1-13(2,3)12-7-5-11(6-8-12)9-14-10-15-4/h5-8,14H,9-10H2,1-4H3. The maximum Gasteiger partial charge on any atom is 0.0964 e. The van der Waals surface area contributed by atoms with Crippen LogP contribution in [0.5, 0.6) is 0 Å². The van der Waals surface area contributed by atoms with Crippen molar-refractivity contribution in [1.82, 2.24) is 5.32 Å². The molecule has 1 N–H and O–H groups in total. The van der Waals surface area contributed by atoms with Gasteiger partial charge in [-0.3, -0.25) is 5.32 Å². The van der Waals surface area contributed by atoms with E-state index in [0.29, 0.717) is 6.73 Å². The van der Waals surface area contributed by atoms with Gasteiger partial charge in [-0.1, -0.05) is 45.0 Å². The number of hydrogen-bond donors (Lipinski definition) is 1. The maximum absolute atomic E-state index is 4.93. The van der Waals surface area contributed by atoms with Crippen LogP contribution in [-0.2, 0) is 16.7 Å². The third-order valence-corrected chi connectivity index (χ3v) is 2.40. The minimum atomic E-state index is 0.235. The van der Waals surface area contributed by atoms with Crippen LogP contribution in [0.2, 0.25) is 0 Å². The second kappa shape index (κ2) is 5.29. The lowest BCUT2D eigenvalue weighted by Crippen LogP contribution is -2.16. The number of rotatable bonds is 4. The summed E-state index contributed by atoms with van der Waals surface area (Å²) < 4.78 is 4.93. The SMILES string of the molecule is COCNCc1ccc(C(C)(C)C)cc1. The number of hydrogen-bond acceptors (Lipinski definition) is 2. The fraction of sp³-hybridized carbons (Fsp3) is 0.538. The van der Waals surface area contributed by atoms with E-state index in [9.17, 15) is 0 Å². The molecule has 84 valence electrons. The molecule has 1 aromatic carbocycles. The largest absolute Gasteiger partial charge is 0.370 e. The molecule has 0 aromatic heterocycles. The van der Waals surface area contributed by atoms with Crippen LogP contribution in [0.3, 0.4) is 0 Å². The summed E-state index contributed by atoms with van der Waals surface area (Å²) in [6, 6.07) is 8.74. The average Bonchev–Trinajstić information content (AvgIpc) is 2.18. The summed E-state index contributed by atoms with van der Waals surface area (Å²) in [5.74, 6) is 0. The van der Waals surface area contributed by atoms with Gasteiger partial charge in [0.1, 0.15) is 0 Å². The van der Waals surface area contributed by atoms with E-state index in [1.807, 2.05) is 0 Å². The Labute approximate surface area is 92.6 Å². The van der Waals surface area contributed by atoms with Gasteiger partial charge < -0.3 is 4.74 Å². The molecule has 0 fully saturated rings. The van der Waals surface area contributed by atoms with Crippen molar-refractivity contribution < 1.29 is 4.74 Å². The van der Waals surface area contributed by atoms with E-state index >= 15 is 0 Å². The summed E-state index contributed by atoms with van der Waals surface area (Å²) in [5.41, 5.74) is 2.90. The molecule has 0 aliphatic rings. The predicted molar refractivity (Wildman–Crippen MR) is 63.9 cm³/mol. The second-order valence-electron chi connectivity index (χ2n) is 4.81. The molecule has 0 aliphatic carbocycles. The van der Waals surface area contributed by atoms with Crippen LogP contribution in [-0.4, -0.2) is 13.8 Å². The number of nitrogens with one attached hydrogen (secondary N) is 1. The van der Waals surface area contributed by atoms with Crippen LogP contribution in [0.25, 0.3) is 0 Å². The normalized spacial score (nSPS) is 11.7. The molecule has 0 saturated carbocycles. The van der Waals surface area contributed by atoms with Gasteiger partial charge in [-0.05, 0) is 16.5 Å². The van der Waals surface area contributed by atoms with E-state index in [-0.39, 0.29) is 5.41 Å². The minimum absolute atomic E-state index is 0.235. The Morgan fingerprint density at radius 1 is 1.13 bits per heavy atom. The van der Waals surface area contributed by atoms with E-state index in [4.69, 9.17) is 4.74 Å². The van der Waals surface area contributed by atoms with Crippen molar-refractivity contribution in [2.75, 3.05) is 13.8 Å². The topological polar surface area (TPSA) is 21.3 Å². The van der Waals surface area contributed by atoms with Crippen LogP contribution in [0.15, 0.2) is 24.3 Å². The fourth-order valence-electron chi connectivity index (χ4n) is 1.42. The van der Waals surface area contributed by atoms with Crippen molar-refractivity contribution in [2.24, 2.45) is 0 Å². The molecule has 0 amide bonds. The van der Waals surface area contributed by atoms with Gasteiger partial charge in [-0.15, -0.1) is 0 Å². The Morgan fingerprint density at radius 3 is 2.20 bits per heavy atom. The van der Waals surface area contributed by atoms with Crippen molar-refractivity contribution >= 4 is 0 Å². The molecule has 2 nitrogen and oxygen atoms in total. The highest BCUT2D eigenvalue weighted by Gasteiger charge is 2.12. The van der Waals surface area contributed by atoms with Crippen LogP contribution >= 0.6 is 0 Å². The first-order valence-electron chi connectivity index (χ1n) is 5.33. The Kier molecular flexibility index (Phi) is 4.30. The van der Waals surface area contributed by atoms with Gasteiger partial charge in [0.05, 0.1) is 6.73 Å². The highest BCUT2D eigenvalue weighted by Crippen LogP contribution is 2.21. The zero-order chi connectivity index (χ0) is 11.3. The molecule has 1 rings (SSSR count). The zero-order valence-electron chi connectivity index (χ0n) is 10.1. The first kappa shape index (κ1) is 12.2. The smallest absolute Gasteiger partial charge is 0.0964 e. The summed E-state index contributed by atoms with van der Waals surface area (Å²) >= 11 is 0. The Balaban J connectivity index is 2.57. The molecule has 15 heavy (non-hydrogen) atoms. The molecule has 0 unspecified atom stereocenters. The summed E-state index contributed by atoms with van der Waals surface area (Å²) in [7, 11) is 1.69. The molecule has 0 bridgehead atoms. The van der Waals surface area contributed by atoms with Crippen LogP contribution in [0.4, 0.5) is 0 Å². The second-order valence-corrected chi connectivity index (χ2v) is 4.81.